The fourth-order valence-electron chi connectivity index (χ4n) is 1.46. The molecule has 1 aromatic heterocycles. The largest absolute Gasteiger partial charge is 0.399 e. The molecular weight excluding hydrogens is 286 g/mol. The van der Waals surface area contributed by atoms with E-state index in [0.29, 0.717) is 12.1 Å². The van der Waals surface area contributed by atoms with E-state index in [1.807, 2.05) is 35.7 Å². The maximum atomic E-state index is 11.9. The number of ketones is 1. The summed E-state index contributed by atoms with van der Waals surface area (Å²) in [5.41, 5.74) is 7.30. The van der Waals surface area contributed by atoms with Crippen molar-refractivity contribution in [2.24, 2.45) is 0 Å². The van der Waals surface area contributed by atoms with E-state index >= 15 is 0 Å². The number of carbonyl (C=O) groups is 1. The first kappa shape index (κ1) is 11.4. The van der Waals surface area contributed by atoms with Gasteiger partial charge in [-0.15, -0.1) is 11.3 Å². The Hall–Kier alpha value is -1.13. The van der Waals surface area contributed by atoms with Crippen LogP contribution in [-0.4, -0.2) is 5.78 Å². The van der Waals surface area contributed by atoms with Gasteiger partial charge in [-0.3, -0.25) is 4.79 Å². The van der Waals surface area contributed by atoms with Crippen LogP contribution in [0.2, 0.25) is 0 Å². The van der Waals surface area contributed by atoms with E-state index in [1.54, 1.807) is 0 Å². The quantitative estimate of drug-likeness (QED) is 0.695. The molecule has 0 saturated carbocycles. The number of rotatable bonds is 3. The van der Waals surface area contributed by atoms with Crippen LogP contribution in [0.5, 0.6) is 0 Å². The van der Waals surface area contributed by atoms with Crippen molar-refractivity contribution >= 4 is 38.7 Å². The minimum absolute atomic E-state index is 0.118. The molecule has 1 aromatic carbocycles. The highest BCUT2D eigenvalue weighted by molar-refractivity contribution is 9.10. The molecule has 16 heavy (non-hydrogen) atoms. The zero-order valence-electron chi connectivity index (χ0n) is 8.44. The van der Waals surface area contributed by atoms with Crippen LogP contribution in [0, 0.1) is 0 Å². The first-order chi connectivity index (χ1) is 7.66. The second-order valence-corrected chi connectivity index (χ2v) is 5.21. The lowest BCUT2D eigenvalue weighted by Gasteiger charge is -2.01. The van der Waals surface area contributed by atoms with Gasteiger partial charge in [0.2, 0.25) is 0 Å². The minimum Gasteiger partial charge on any atom is -0.399 e. The SMILES string of the molecule is Nc1cccc(CC(=O)c2sccc2Br)c1. The number of hydrogen-bond acceptors (Lipinski definition) is 3. The van der Waals surface area contributed by atoms with Gasteiger partial charge in [0.25, 0.3) is 0 Å². The van der Waals surface area contributed by atoms with E-state index in [4.69, 9.17) is 5.73 Å². The van der Waals surface area contributed by atoms with Gasteiger partial charge in [0.1, 0.15) is 0 Å². The fraction of sp³-hybridized carbons (Fsp3) is 0.0833. The molecule has 0 aliphatic heterocycles. The third-order valence-electron chi connectivity index (χ3n) is 2.19. The number of nitrogens with two attached hydrogens (primary N) is 1. The summed E-state index contributed by atoms with van der Waals surface area (Å²) in [7, 11) is 0. The maximum Gasteiger partial charge on any atom is 0.178 e. The van der Waals surface area contributed by atoms with Crippen molar-refractivity contribution in [1.82, 2.24) is 0 Å². The number of anilines is 1. The molecular formula is C12H10BrNOS. The van der Waals surface area contributed by atoms with Crippen molar-refractivity contribution in [1.29, 1.82) is 0 Å². The van der Waals surface area contributed by atoms with E-state index in [0.717, 1.165) is 14.9 Å². The molecule has 0 aliphatic rings. The summed E-state index contributed by atoms with van der Waals surface area (Å²) in [6, 6.07) is 9.31. The van der Waals surface area contributed by atoms with Crippen LogP contribution < -0.4 is 5.73 Å². The molecule has 4 heteroatoms. The van der Waals surface area contributed by atoms with E-state index in [1.165, 1.54) is 11.3 Å². The number of nitrogen functional groups attached to an aromatic ring is 1. The number of thiophene rings is 1. The van der Waals surface area contributed by atoms with Crippen molar-refractivity contribution in [3.63, 3.8) is 0 Å². The molecule has 0 saturated heterocycles. The Morgan fingerprint density at radius 1 is 1.38 bits per heavy atom. The average Bonchev–Trinajstić information content (AvgIpc) is 2.64. The third-order valence-corrected chi connectivity index (χ3v) is 4.06. The van der Waals surface area contributed by atoms with Gasteiger partial charge in [0, 0.05) is 16.6 Å². The van der Waals surface area contributed by atoms with Gasteiger partial charge in [-0.2, -0.15) is 0 Å². The molecule has 0 radical (unpaired) electrons. The van der Waals surface area contributed by atoms with Gasteiger partial charge >= 0.3 is 0 Å². The average molecular weight is 296 g/mol. The van der Waals surface area contributed by atoms with Crippen molar-refractivity contribution in [2.45, 2.75) is 6.42 Å². The molecule has 0 fully saturated rings. The monoisotopic (exact) mass is 295 g/mol. The summed E-state index contributed by atoms with van der Waals surface area (Å²) in [5.74, 6) is 0.118. The second kappa shape index (κ2) is 4.80. The highest BCUT2D eigenvalue weighted by Gasteiger charge is 2.12. The van der Waals surface area contributed by atoms with Gasteiger partial charge in [0.05, 0.1) is 4.88 Å². The summed E-state index contributed by atoms with van der Waals surface area (Å²) in [5, 5.41) is 1.90. The van der Waals surface area contributed by atoms with E-state index in [-0.39, 0.29) is 5.78 Å². The molecule has 0 spiro atoms. The molecule has 2 rings (SSSR count). The van der Waals surface area contributed by atoms with E-state index in [2.05, 4.69) is 15.9 Å². The number of halogens is 1. The standard InChI is InChI=1S/C12H10BrNOS/c13-10-4-5-16-12(10)11(15)7-8-2-1-3-9(14)6-8/h1-6H,7,14H2. The predicted octanol–water partition coefficient (Wildman–Crippen LogP) is 3.52. The van der Waals surface area contributed by atoms with Gasteiger partial charge in [-0.05, 0) is 45.1 Å². The van der Waals surface area contributed by atoms with Gasteiger partial charge < -0.3 is 5.73 Å². The van der Waals surface area contributed by atoms with Crippen LogP contribution in [-0.2, 0) is 6.42 Å². The Kier molecular flexibility index (Phi) is 3.41. The van der Waals surface area contributed by atoms with Crippen LogP contribution in [0.1, 0.15) is 15.2 Å². The Morgan fingerprint density at radius 3 is 2.81 bits per heavy atom. The molecule has 0 atom stereocenters. The molecule has 0 amide bonds. The molecule has 2 N–H and O–H groups in total. The summed E-state index contributed by atoms with van der Waals surface area (Å²) in [4.78, 5) is 12.7. The molecule has 0 unspecified atom stereocenters. The third kappa shape index (κ3) is 2.51. The first-order valence-electron chi connectivity index (χ1n) is 4.77. The lowest BCUT2D eigenvalue weighted by molar-refractivity contribution is 0.0996. The zero-order valence-corrected chi connectivity index (χ0v) is 10.8. The Labute approximate surface area is 106 Å². The van der Waals surface area contributed by atoms with Crippen molar-refractivity contribution < 1.29 is 4.79 Å². The fourth-order valence-corrected chi connectivity index (χ4v) is 2.99. The zero-order chi connectivity index (χ0) is 11.5. The van der Waals surface area contributed by atoms with Crippen molar-refractivity contribution in [3.8, 4) is 0 Å². The number of benzene rings is 1. The maximum absolute atomic E-state index is 11.9. The van der Waals surface area contributed by atoms with Crippen LogP contribution >= 0.6 is 27.3 Å². The number of carbonyl (C=O) groups excluding carboxylic acids is 1. The second-order valence-electron chi connectivity index (χ2n) is 3.44. The summed E-state index contributed by atoms with van der Waals surface area (Å²) in [6.45, 7) is 0. The molecule has 82 valence electrons. The number of hydrogen-bond donors (Lipinski definition) is 1. The lowest BCUT2D eigenvalue weighted by Crippen LogP contribution is -2.02. The topological polar surface area (TPSA) is 43.1 Å². The van der Waals surface area contributed by atoms with Crippen LogP contribution in [0.3, 0.4) is 0 Å². The van der Waals surface area contributed by atoms with Crippen LogP contribution in [0.4, 0.5) is 5.69 Å². The minimum atomic E-state index is 0.118. The first-order valence-corrected chi connectivity index (χ1v) is 6.44. The molecule has 0 bridgehead atoms. The smallest absolute Gasteiger partial charge is 0.178 e. The van der Waals surface area contributed by atoms with Crippen LogP contribution in [0.15, 0.2) is 40.2 Å². The lowest BCUT2D eigenvalue weighted by atomic mass is 10.1. The van der Waals surface area contributed by atoms with Crippen LogP contribution in [0.25, 0.3) is 0 Å². The van der Waals surface area contributed by atoms with Gasteiger partial charge in [-0.25, -0.2) is 0 Å². The summed E-state index contributed by atoms with van der Waals surface area (Å²) >= 11 is 4.81. The summed E-state index contributed by atoms with van der Waals surface area (Å²) in [6.07, 6.45) is 0.393. The predicted molar refractivity (Wildman–Crippen MR) is 70.9 cm³/mol. The van der Waals surface area contributed by atoms with Crippen molar-refractivity contribution in [3.05, 3.63) is 50.6 Å². The van der Waals surface area contributed by atoms with Gasteiger partial charge in [0.15, 0.2) is 5.78 Å². The Bertz CT molecular complexity index is 521. The number of Topliss-reactive ketones (excluding diaryl/α,β-unsaturated/α-hetero) is 1. The van der Waals surface area contributed by atoms with Crippen molar-refractivity contribution in [2.75, 3.05) is 5.73 Å². The van der Waals surface area contributed by atoms with E-state index in [9.17, 15) is 4.79 Å². The summed E-state index contributed by atoms with van der Waals surface area (Å²) < 4.78 is 0.867. The molecule has 2 nitrogen and oxygen atoms in total. The normalized spacial score (nSPS) is 10.3. The molecule has 1 heterocycles. The Morgan fingerprint density at radius 2 is 2.19 bits per heavy atom. The Balaban J connectivity index is 2.17. The molecule has 2 aromatic rings. The van der Waals surface area contributed by atoms with E-state index < -0.39 is 0 Å². The molecule has 0 aliphatic carbocycles. The highest BCUT2D eigenvalue weighted by Crippen LogP contribution is 2.24. The van der Waals surface area contributed by atoms with Gasteiger partial charge in [-0.1, -0.05) is 12.1 Å². The highest BCUT2D eigenvalue weighted by atomic mass is 79.9.